The van der Waals surface area contributed by atoms with Crippen LogP contribution in [-0.2, 0) is 0 Å². The third kappa shape index (κ3) is 2.24. The van der Waals surface area contributed by atoms with Crippen molar-refractivity contribution in [2.24, 2.45) is 11.8 Å². The van der Waals surface area contributed by atoms with Crippen LogP contribution in [0.15, 0.2) is 27.1 Å². The molecule has 0 aromatic heterocycles. The first-order valence-corrected chi connectivity index (χ1v) is 7.69. The van der Waals surface area contributed by atoms with Crippen molar-refractivity contribution < 1.29 is 4.79 Å². The molecular weight excluding hydrogens is 360 g/mol. The van der Waals surface area contributed by atoms with Gasteiger partial charge in [-0.05, 0) is 46.0 Å². The second kappa shape index (κ2) is 4.94. The van der Waals surface area contributed by atoms with Crippen molar-refractivity contribution in [2.45, 2.75) is 0 Å². The van der Waals surface area contributed by atoms with Gasteiger partial charge >= 0.3 is 0 Å². The highest BCUT2D eigenvalue weighted by Crippen LogP contribution is 2.29. The number of nitrogens with zero attached hydrogens (tertiary/aromatic N) is 1. The Bertz CT molecular complexity index is 480. The Labute approximate surface area is 123 Å². The third-order valence-electron chi connectivity index (χ3n) is 3.84. The summed E-state index contributed by atoms with van der Waals surface area (Å²) in [5, 5.41) is 3.39. The molecule has 96 valence electrons. The van der Waals surface area contributed by atoms with E-state index < -0.39 is 0 Å². The topological polar surface area (TPSA) is 32.3 Å². The summed E-state index contributed by atoms with van der Waals surface area (Å²) in [4.78, 5) is 14.5. The predicted molar refractivity (Wildman–Crippen MR) is 77.6 cm³/mol. The Balaban J connectivity index is 1.81. The summed E-state index contributed by atoms with van der Waals surface area (Å²) in [6.45, 7) is 3.87. The van der Waals surface area contributed by atoms with Gasteiger partial charge in [-0.1, -0.05) is 15.9 Å². The fourth-order valence-corrected chi connectivity index (χ4v) is 3.63. The molecule has 1 N–H and O–H groups in total. The van der Waals surface area contributed by atoms with E-state index in [9.17, 15) is 4.79 Å². The molecule has 0 radical (unpaired) electrons. The minimum Gasteiger partial charge on any atom is -0.338 e. The fraction of sp³-hybridized carbons (Fsp3) is 0.462. The highest BCUT2D eigenvalue weighted by atomic mass is 79.9. The lowest BCUT2D eigenvalue weighted by Gasteiger charge is -2.18. The molecule has 2 saturated heterocycles. The number of halogens is 2. The molecule has 2 aliphatic heterocycles. The number of carbonyl (C=O) groups is 1. The lowest BCUT2D eigenvalue weighted by Crippen LogP contribution is -2.32. The van der Waals surface area contributed by atoms with E-state index in [0.29, 0.717) is 11.8 Å². The normalized spacial score (nSPS) is 26.4. The largest absolute Gasteiger partial charge is 0.338 e. The molecular formula is C13H14Br2N2O. The number of likely N-dealkylation sites (tertiary alicyclic amines) is 1. The Morgan fingerprint density at radius 2 is 1.89 bits per heavy atom. The number of benzene rings is 1. The van der Waals surface area contributed by atoms with Crippen LogP contribution >= 0.6 is 31.9 Å². The van der Waals surface area contributed by atoms with Gasteiger partial charge in [0.15, 0.2) is 0 Å². The molecule has 3 nitrogen and oxygen atoms in total. The van der Waals surface area contributed by atoms with Crippen molar-refractivity contribution in [3.8, 4) is 0 Å². The molecule has 2 atom stereocenters. The van der Waals surface area contributed by atoms with Crippen LogP contribution in [0.3, 0.4) is 0 Å². The van der Waals surface area contributed by atoms with Gasteiger partial charge in [-0.25, -0.2) is 0 Å². The SMILES string of the molecule is O=C(c1cc(Br)ccc1Br)N1C[C@H]2CNC[C@H]2C1. The predicted octanol–water partition coefficient (Wildman–Crippen LogP) is 2.50. The van der Waals surface area contributed by atoms with Gasteiger partial charge in [-0.2, -0.15) is 0 Å². The van der Waals surface area contributed by atoms with Crippen LogP contribution in [0.2, 0.25) is 0 Å². The molecule has 0 bridgehead atoms. The summed E-state index contributed by atoms with van der Waals surface area (Å²) in [6.07, 6.45) is 0. The average molecular weight is 374 g/mol. The summed E-state index contributed by atoms with van der Waals surface area (Å²) >= 11 is 6.88. The molecule has 3 rings (SSSR count). The number of hydrogen-bond acceptors (Lipinski definition) is 2. The number of amides is 1. The molecule has 1 aromatic carbocycles. The van der Waals surface area contributed by atoms with Gasteiger partial charge in [0.25, 0.3) is 5.91 Å². The number of hydrogen-bond donors (Lipinski definition) is 1. The maximum absolute atomic E-state index is 12.5. The minimum absolute atomic E-state index is 0.137. The van der Waals surface area contributed by atoms with Gasteiger partial charge in [0, 0.05) is 35.1 Å². The first kappa shape index (κ1) is 12.6. The van der Waals surface area contributed by atoms with Crippen molar-refractivity contribution in [3.05, 3.63) is 32.7 Å². The standard InChI is InChI=1S/C13H14Br2N2O/c14-10-1-2-12(15)11(3-10)13(18)17-6-8-4-16-5-9(8)7-17/h1-3,8-9,16H,4-7H2/t8-,9+. The van der Waals surface area contributed by atoms with Crippen molar-refractivity contribution in [2.75, 3.05) is 26.2 Å². The maximum atomic E-state index is 12.5. The van der Waals surface area contributed by atoms with Crippen molar-refractivity contribution in [3.63, 3.8) is 0 Å². The zero-order chi connectivity index (χ0) is 12.7. The van der Waals surface area contributed by atoms with E-state index in [2.05, 4.69) is 37.2 Å². The van der Waals surface area contributed by atoms with E-state index in [4.69, 9.17) is 0 Å². The Morgan fingerprint density at radius 3 is 2.56 bits per heavy atom. The summed E-state index contributed by atoms with van der Waals surface area (Å²) in [6, 6.07) is 5.73. The fourth-order valence-electron chi connectivity index (χ4n) is 2.85. The highest BCUT2D eigenvalue weighted by molar-refractivity contribution is 9.11. The smallest absolute Gasteiger partial charge is 0.255 e. The first-order valence-electron chi connectivity index (χ1n) is 6.10. The molecule has 2 fully saturated rings. The molecule has 18 heavy (non-hydrogen) atoms. The van der Waals surface area contributed by atoms with E-state index in [-0.39, 0.29) is 5.91 Å². The van der Waals surface area contributed by atoms with E-state index in [1.165, 1.54) is 0 Å². The Hall–Kier alpha value is -0.390. The lowest BCUT2D eigenvalue weighted by atomic mass is 10.0. The maximum Gasteiger partial charge on any atom is 0.255 e. The van der Waals surface area contributed by atoms with Crippen LogP contribution in [0.25, 0.3) is 0 Å². The van der Waals surface area contributed by atoms with Crippen LogP contribution < -0.4 is 5.32 Å². The van der Waals surface area contributed by atoms with Gasteiger partial charge < -0.3 is 10.2 Å². The van der Waals surface area contributed by atoms with Gasteiger partial charge in [0.05, 0.1) is 5.56 Å². The quantitative estimate of drug-likeness (QED) is 0.820. The highest BCUT2D eigenvalue weighted by Gasteiger charge is 2.38. The number of rotatable bonds is 1. The second-order valence-electron chi connectivity index (χ2n) is 5.01. The van der Waals surface area contributed by atoms with Crippen LogP contribution in [-0.4, -0.2) is 37.0 Å². The summed E-state index contributed by atoms with van der Waals surface area (Å²) < 4.78 is 1.81. The van der Waals surface area contributed by atoms with Gasteiger partial charge in [0.2, 0.25) is 0 Å². The third-order valence-corrected chi connectivity index (χ3v) is 5.02. The molecule has 2 aliphatic rings. The van der Waals surface area contributed by atoms with Crippen molar-refractivity contribution in [1.82, 2.24) is 10.2 Å². The molecule has 1 aromatic rings. The van der Waals surface area contributed by atoms with Crippen LogP contribution in [0, 0.1) is 11.8 Å². The summed E-state index contributed by atoms with van der Waals surface area (Å²) in [5.41, 5.74) is 0.748. The first-order chi connectivity index (χ1) is 8.65. The van der Waals surface area contributed by atoms with Crippen molar-refractivity contribution in [1.29, 1.82) is 0 Å². The van der Waals surface area contributed by atoms with Gasteiger partial charge in [-0.3, -0.25) is 4.79 Å². The molecule has 1 amide bonds. The summed E-state index contributed by atoms with van der Waals surface area (Å²) in [7, 11) is 0. The molecule has 0 saturated carbocycles. The molecule has 2 heterocycles. The zero-order valence-corrected chi connectivity index (χ0v) is 13.0. The van der Waals surface area contributed by atoms with Gasteiger partial charge in [0.1, 0.15) is 0 Å². The van der Waals surface area contributed by atoms with Crippen LogP contribution in [0.4, 0.5) is 0 Å². The lowest BCUT2D eigenvalue weighted by molar-refractivity contribution is 0.0780. The van der Waals surface area contributed by atoms with E-state index >= 15 is 0 Å². The number of fused-ring (bicyclic) bond motifs is 1. The monoisotopic (exact) mass is 372 g/mol. The summed E-state index contributed by atoms with van der Waals surface area (Å²) in [5.74, 6) is 1.41. The van der Waals surface area contributed by atoms with E-state index in [0.717, 1.165) is 40.7 Å². The van der Waals surface area contributed by atoms with Crippen LogP contribution in [0.1, 0.15) is 10.4 Å². The molecule has 0 unspecified atom stereocenters. The van der Waals surface area contributed by atoms with E-state index in [1.54, 1.807) is 0 Å². The number of nitrogens with one attached hydrogen (secondary N) is 1. The Morgan fingerprint density at radius 1 is 1.22 bits per heavy atom. The number of carbonyl (C=O) groups excluding carboxylic acids is 1. The van der Waals surface area contributed by atoms with Crippen molar-refractivity contribution >= 4 is 37.8 Å². The average Bonchev–Trinajstić information content (AvgIpc) is 2.91. The second-order valence-corrected chi connectivity index (χ2v) is 6.78. The zero-order valence-electron chi connectivity index (χ0n) is 9.83. The molecule has 0 aliphatic carbocycles. The van der Waals surface area contributed by atoms with Crippen LogP contribution in [0.5, 0.6) is 0 Å². The Kier molecular flexibility index (Phi) is 3.47. The van der Waals surface area contributed by atoms with Gasteiger partial charge in [-0.15, -0.1) is 0 Å². The minimum atomic E-state index is 0.137. The molecule has 5 heteroatoms. The van der Waals surface area contributed by atoms with E-state index in [1.807, 2.05) is 23.1 Å². The molecule has 0 spiro atoms.